The van der Waals surface area contributed by atoms with Crippen LogP contribution in [0.1, 0.15) is 18.4 Å². The maximum Gasteiger partial charge on any atom is 0.0891 e. The van der Waals surface area contributed by atoms with Crippen LogP contribution in [0.4, 0.5) is 0 Å². The fourth-order valence-electron chi connectivity index (χ4n) is 2.51. The molecule has 2 nitrogen and oxygen atoms in total. The van der Waals surface area contributed by atoms with Crippen LogP contribution >= 0.6 is 51.5 Å². The lowest BCUT2D eigenvalue weighted by atomic mass is 9.95. The van der Waals surface area contributed by atoms with Gasteiger partial charge in [-0.1, -0.05) is 45.8 Å². The number of nitrogens with zero attached hydrogens (tertiary/aromatic N) is 1. The molecule has 0 bridgehead atoms. The minimum atomic E-state index is -0.0185. The summed E-state index contributed by atoms with van der Waals surface area (Å²) in [6.45, 7) is 2.89. The van der Waals surface area contributed by atoms with Crippen molar-refractivity contribution in [2.45, 2.75) is 24.1 Å². The monoisotopic (exact) mass is 392 g/mol. The molecule has 0 aromatic heterocycles. The molecule has 6 heteroatoms. The molecule has 0 saturated carbocycles. The van der Waals surface area contributed by atoms with E-state index in [1.807, 2.05) is 12.1 Å². The standard InChI is InChI=1S/C14H18BrClN2S2/c1-20-14(13(17)19)4-6-18(7-5-14)9-10-2-3-11(15)8-12(10)16/h2-3,8H,4-7,9H2,1H3,(H2,17,19). The molecule has 1 heterocycles. The van der Waals surface area contributed by atoms with Gasteiger partial charge in [0.1, 0.15) is 0 Å². The van der Waals surface area contributed by atoms with Crippen LogP contribution in [0.25, 0.3) is 0 Å². The van der Waals surface area contributed by atoms with E-state index in [-0.39, 0.29) is 4.75 Å². The average Bonchev–Trinajstić information content (AvgIpc) is 2.42. The van der Waals surface area contributed by atoms with Crippen LogP contribution in [0.15, 0.2) is 22.7 Å². The molecule has 1 aliphatic rings. The highest BCUT2D eigenvalue weighted by Crippen LogP contribution is 2.35. The van der Waals surface area contributed by atoms with Gasteiger partial charge in [-0.3, -0.25) is 4.90 Å². The second-order valence-electron chi connectivity index (χ2n) is 5.07. The Morgan fingerprint density at radius 1 is 1.50 bits per heavy atom. The molecule has 0 atom stereocenters. The first-order chi connectivity index (χ1) is 9.47. The van der Waals surface area contributed by atoms with Crippen molar-refractivity contribution in [2.24, 2.45) is 5.73 Å². The normalized spacial score (nSPS) is 18.9. The number of piperidine rings is 1. The number of hydrogen-bond acceptors (Lipinski definition) is 3. The Bertz CT molecular complexity index is 502. The maximum atomic E-state index is 6.28. The summed E-state index contributed by atoms with van der Waals surface area (Å²) in [5.74, 6) is 0. The van der Waals surface area contributed by atoms with Gasteiger partial charge in [0.25, 0.3) is 0 Å². The summed E-state index contributed by atoms with van der Waals surface area (Å²) in [5, 5.41) is 0.815. The minimum absolute atomic E-state index is 0.0185. The summed E-state index contributed by atoms with van der Waals surface area (Å²) in [5.41, 5.74) is 7.09. The second-order valence-corrected chi connectivity index (χ2v) is 8.03. The smallest absolute Gasteiger partial charge is 0.0891 e. The Kier molecular flexibility index (Phi) is 5.77. The predicted molar refractivity (Wildman–Crippen MR) is 96.7 cm³/mol. The summed E-state index contributed by atoms with van der Waals surface area (Å²) >= 11 is 16.7. The molecule has 2 rings (SSSR count). The molecule has 1 aliphatic heterocycles. The van der Waals surface area contributed by atoms with Crippen LogP contribution in [0, 0.1) is 0 Å². The maximum absolute atomic E-state index is 6.28. The highest BCUT2D eigenvalue weighted by atomic mass is 79.9. The third-order valence-corrected chi connectivity index (χ3v) is 6.69. The molecule has 110 valence electrons. The zero-order valence-electron chi connectivity index (χ0n) is 11.4. The van der Waals surface area contributed by atoms with E-state index in [1.54, 1.807) is 11.8 Å². The zero-order valence-corrected chi connectivity index (χ0v) is 15.3. The van der Waals surface area contributed by atoms with Crippen LogP contribution in [0.2, 0.25) is 5.02 Å². The molecule has 1 saturated heterocycles. The van der Waals surface area contributed by atoms with Crippen LogP contribution in [0.5, 0.6) is 0 Å². The average molecular weight is 394 g/mol. The van der Waals surface area contributed by atoms with Crippen molar-refractivity contribution in [3.8, 4) is 0 Å². The van der Waals surface area contributed by atoms with Crippen LogP contribution in [-0.4, -0.2) is 34.0 Å². The molecule has 1 aromatic rings. The van der Waals surface area contributed by atoms with E-state index >= 15 is 0 Å². The first kappa shape index (κ1) is 16.6. The third kappa shape index (κ3) is 3.69. The van der Waals surface area contributed by atoms with Gasteiger partial charge in [0.2, 0.25) is 0 Å². The van der Waals surface area contributed by atoms with Crippen molar-refractivity contribution >= 4 is 56.5 Å². The summed E-state index contributed by atoms with van der Waals surface area (Å²) < 4.78 is 0.995. The fourth-order valence-corrected chi connectivity index (χ4v) is 4.49. The van der Waals surface area contributed by atoms with Crippen molar-refractivity contribution in [1.29, 1.82) is 0 Å². The number of benzene rings is 1. The van der Waals surface area contributed by atoms with E-state index in [4.69, 9.17) is 29.6 Å². The van der Waals surface area contributed by atoms with Crippen LogP contribution in [0.3, 0.4) is 0 Å². The van der Waals surface area contributed by atoms with E-state index in [9.17, 15) is 0 Å². The molecule has 0 unspecified atom stereocenters. The number of hydrogen-bond donors (Lipinski definition) is 1. The summed E-state index contributed by atoms with van der Waals surface area (Å²) in [4.78, 5) is 3.06. The summed E-state index contributed by atoms with van der Waals surface area (Å²) in [6.07, 6.45) is 4.12. The van der Waals surface area contributed by atoms with Crippen molar-refractivity contribution < 1.29 is 0 Å². The second kappa shape index (κ2) is 6.97. The van der Waals surface area contributed by atoms with Gasteiger partial charge >= 0.3 is 0 Å². The summed E-state index contributed by atoms with van der Waals surface area (Å²) in [7, 11) is 0. The number of rotatable bonds is 4. The minimum Gasteiger partial charge on any atom is -0.392 e. The van der Waals surface area contributed by atoms with Crippen molar-refractivity contribution in [2.75, 3.05) is 19.3 Å². The van der Waals surface area contributed by atoms with Gasteiger partial charge in [0.15, 0.2) is 0 Å². The van der Waals surface area contributed by atoms with E-state index < -0.39 is 0 Å². The number of thiocarbonyl (C=S) groups is 1. The van der Waals surface area contributed by atoms with Gasteiger partial charge in [-0.15, -0.1) is 0 Å². The first-order valence-corrected chi connectivity index (χ1v) is 9.28. The molecule has 0 radical (unpaired) electrons. The topological polar surface area (TPSA) is 29.3 Å². The molecule has 2 N–H and O–H groups in total. The van der Waals surface area contributed by atoms with Gasteiger partial charge in [-0.2, -0.15) is 11.8 Å². The Morgan fingerprint density at radius 3 is 2.65 bits per heavy atom. The van der Waals surface area contributed by atoms with Gasteiger partial charge in [-0.25, -0.2) is 0 Å². The molecule has 1 fully saturated rings. The molecular formula is C14H18BrClN2S2. The number of thioether (sulfide) groups is 1. The van der Waals surface area contributed by atoms with Crippen LogP contribution in [-0.2, 0) is 6.54 Å². The van der Waals surface area contributed by atoms with E-state index in [0.29, 0.717) is 4.99 Å². The van der Waals surface area contributed by atoms with Crippen molar-refractivity contribution in [3.05, 3.63) is 33.3 Å². The lowest BCUT2D eigenvalue weighted by Crippen LogP contribution is -2.48. The SMILES string of the molecule is CSC1(C(N)=S)CCN(Cc2ccc(Br)cc2Cl)CC1. The Labute approximate surface area is 143 Å². The van der Waals surface area contributed by atoms with E-state index in [2.05, 4.69) is 33.2 Å². The quantitative estimate of drug-likeness (QED) is 0.780. The first-order valence-electron chi connectivity index (χ1n) is 6.48. The highest BCUT2D eigenvalue weighted by molar-refractivity contribution is 9.10. The van der Waals surface area contributed by atoms with Crippen LogP contribution < -0.4 is 5.73 Å². The van der Waals surface area contributed by atoms with E-state index in [1.165, 1.54) is 5.56 Å². The molecule has 0 aliphatic carbocycles. The summed E-state index contributed by atoms with van der Waals surface area (Å²) in [6, 6.07) is 6.06. The Morgan fingerprint density at radius 2 is 2.15 bits per heavy atom. The van der Waals surface area contributed by atoms with Crippen molar-refractivity contribution in [1.82, 2.24) is 4.90 Å². The Hall–Kier alpha value is 0.190. The fraction of sp³-hybridized carbons (Fsp3) is 0.500. The molecule has 20 heavy (non-hydrogen) atoms. The van der Waals surface area contributed by atoms with E-state index in [0.717, 1.165) is 42.0 Å². The van der Waals surface area contributed by atoms with Gasteiger partial charge in [-0.05, 0) is 36.8 Å². The predicted octanol–water partition coefficient (Wildman–Crippen LogP) is 4.09. The lowest BCUT2D eigenvalue weighted by molar-refractivity contribution is 0.212. The molecule has 0 spiro atoms. The number of halogens is 2. The molecule has 0 amide bonds. The largest absolute Gasteiger partial charge is 0.392 e. The third-order valence-electron chi connectivity index (χ3n) is 3.91. The number of nitrogens with two attached hydrogens (primary N) is 1. The molecular weight excluding hydrogens is 376 g/mol. The number of likely N-dealkylation sites (tertiary alicyclic amines) is 1. The zero-order chi connectivity index (χ0) is 14.8. The van der Waals surface area contributed by atoms with Gasteiger partial charge < -0.3 is 5.73 Å². The Balaban J connectivity index is 1.99. The highest BCUT2D eigenvalue weighted by Gasteiger charge is 2.36. The van der Waals surface area contributed by atoms with Gasteiger partial charge in [0, 0.05) is 29.1 Å². The molecule has 1 aromatic carbocycles. The van der Waals surface area contributed by atoms with Crippen molar-refractivity contribution in [3.63, 3.8) is 0 Å². The lowest BCUT2D eigenvalue weighted by Gasteiger charge is -2.40. The van der Waals surface area contributed by atoms with Gasteiger partial charge in [0.05, 0.1) is 9.74 Å².